The molecule has 7 heteroatoms. The Bertz CT molecular complexity index is 676. The van der Waals surface area contributed by atoms with Gasteiger partial charge in [0, 0.05) is 12.7 Å². The minimum absolute atomic E-state index is 0.394. The molecule has 128 valence electrons. The Labute approximate surface area is 142 Å². The lowest BCUT2D eigenvalue weighted by Crippen LogP contribution is -2.17. The number of para-hydroxylation sites is 1. The third kappa shape index (κ3) is 5.20. The number of esters is 1. The maximum Gasteiger partial charge on any atom is 0.339 e. The van der Waals surface area contributed by atoms with E-state index in [0.717, 1.165) is 19.5 Å². The Morgan fingerprint density at radius 1 is 1.25 bits per heavy atom. The summed E-state index contributed by atoms with van der Waals surface area (Å²) in [5, 5.41) is 6.33. The molecule has 0 atom stereocenters. The molecule has 1 heterocycles. The van der Waals surface area contributed by atoms with E-state index in [2.05, 4.69) is 25.5 Å². The molecule has 0 radical (unpaired) electrons. The lowest BCUT2D eigenvalue weighted by Gasteiger charge is -2.12. The van der Waals surface area contributed by atoms with Gasteiger partial charge in [-0.05, 0) is 45.3 Å². The van der Waals surface area contributed by atoms with Crippen molar-refractivity contribution < 1.29 is 9.53 Å². The van der Waals surface area contributed by atoms with Gasteiger partial charge in [-0.15, -0.1) is 0 Å². The monoisotopic (exact) mass is 329 g/mol. The van der Waals surface area contributed by atoms with Crippen molar-refractivity contribution in [1.29, 1.82) is 0 Å². The summed E-state index contributed by atoms with van der Waals surface area (Å²) in [5.41, 5.74) is 1.10. The molecule has 7 nitrogen and oxygen atoms in total. The Hall–Kier alpha value is -2.67. The second-order valence-electron chi connectivity index (χ2n) is 5.51. The number of nitrogens with one attached hydrogen (secondary N) is 2. The number of ether oxygens (including phenoxy) is 1. The van der Waals surface area contributed by atoms with Crippen molar-refractivity contribution in [1.82, 2.24) is 14.9 Å². The highest BCUT2D eigenvalue weighted by Gasteiger charge is 2.11. The van der Waals surface area contributed by atoms with E-state index >= 15 is 0 Å². The maximum atomic E-state index is 11.8. The third-order valence-electron chi connectivity index (χ3n) is 3.32. The predicted molar refractivity (Wildman–Crippen MR) is 94.8 cm³/mol. The third-order valence-corrected chi connectivity index (χ3v) is 3.32. The number of hydrogen-bond donors (Lipinski definition) is 2. The molecule has 2 N–H and O–H groups in total. The fourth-order valence-corrected chi connectivity index (χ4v) is 2.13. The van der Waals surface area contributed by atoms with E-state index in [1.807, 2.05) is 20.2 Å². The molecule has 24 heavy (non-hydrogen) atoms. The second-order valence-corrected chi connectivity index (χ2v) is 5.51. The molecule has 1 aromatic heterocycles. The fraction of sp³-hybridized carbons (Fsp3) is 0.353. The lowest BCUT2D eigenvalue weighted by molar-refractivity contribution is 0.0602. The van der Waals surface area contributed by atoms with Crippen LogP contribution in [0.1, 0.15) is 16.8 Å². The first-order chi connectivity index (χ1) is 11.6. The van der Waals surface area contributed by atoms with E-state index in [0.29, 0.717) is 23.0 Å². The number of carbonyl (C=O) groups excluding carboxylic acids is 1. The number of benzene rings is 1. The molecule has 0 spiro atoms. The van der Waals surface area contributed by atoms with E-state index in [-0.39, 0.29) is 0 Å². The zero-order chi connectivity index (χ0) is 17.4. The quantitative estimate of drug-likeness (QED) is 0.568. The number of rotatable bonds is 8. The highest BCUT2D eigenvalue weighted by Crippen LogP contribution is 2.20. The van der Waals surface area contributed by atoms with Crippen molar-refractivity contribution >= 4 is 23.4 Å². The molecule has 0 aliphatic rings. The normalized spacial score (nSPS) is 10.5. The van der Waals surface area contributed by atoms with Crippen molar-refractivity contribution in [2.24, 2.45) is 0 Å². The number of aromatic nitrogens is 2. The standard InChI is InChI=1S/C17H23N5O2/c1-22(2)12-6-10-18-17-19-11-9-15(21-17)20-14-8-5-4-7-13(14)16(23)24-3/h4-5,7-9,11H,6,10,12H2,1-3H3,(H2,18,19,20,21). The molecule has 0 aliphatic heterocycles. The van der Waals surface area contributed by atoms with Gasteiger partial charge in [0.2, 0.25) is 5.95 Å². The van der Waals surface area contributed by atoms with Crippen LogP contribution in [0.25, 0.3) is 0 Å². The zero-order valence-electron chi connectivity index (χ0n) is 14.2. The molecule has 2 rings (SSSR count). The summed E-state index contributed by atoms with van der Waals surface area (Å²) in [7, 11) is 5.44. The van der Waals surface area contributed by atoms with Crippen LogP contribution in [0.5, 0.6) is 0 Å². The number of hydrogen-bond acceptors (Lipinski definition) is 7. The molecule has 0 bridgehead atoms. The SMILES string of the molecule is COC(=O)c1ccccc1Nc1ccnc(NCCCN(C)C)n1. The average Bonchev–Trinajstić information content (AvgIpc) is 2.59. The van der Waals surface area contributed by atoms with Crippen molar-refractivity contribution in [2.75, 3.05) is 44.9 Å². The van der Waals surface area contributed by atoms with Crippen LogP contribution in [-0.2, 0) is 4.74 Å². The van der Waals surface area contributed by atoms with Crippen molar-refractivity contribution in [3.8, 4) is 0 Å². The van der Waals surface area contributed by atoms with Gasteiger partial charge in [0.05, 0.1) is 18.4 Å². The number of nitrogens with zero attached hydrogens (tertiary/aromatic N) is 3. The fourth-order valence-electron chi connectivity index (χ4n) is 2.13. The lowest BCUT2D eigenvalue weighted by atomic mass is 10.2. The zero-order valence-corrected chi connectivity index (χ0v) is 14.2. The molecule has 0 saturated carbocycles. The van der Waals surface area contributed by atoms with Crippen molar-refractivity contribution in [3.63, 3.8) is 0 Å². The van der Waals surface area contributed by atoms with E-state index in [1.54, 1.807) is 30.5 Å². The highest BCUT2D eigenvalue weighted by molar-refractivity contribution is 5.96. The molecule has 1 aromatic carbocycles. The predicted octanol–water partition coefficient (Wildman–Crippen LogP) is 2.37. The molecular weight excluding hydrogens is 306 g/mol. The first kappa shape index (κ1) is 17.7. The Morgan fingerprint density at radius 3 is 2.79 bits per heavy atom. The minimum Gasteiger partial charge on any atom is -0.465 e. The number of carbonyl (C=O) groups is 1. The van der Waals surface area contributed by atoms with Gasteiger partial charge >= 0.3 is 5.97 Å². The largest absolute Gasteiger partial charge is 0.465 e. The van der Waals surface area contributed by atoms with Gasteiger partial charge < -0.3 is 20.3 Å². The van der Waals surface area contributed by atoms with Crippen molar-refractivity contribution in [2.45, 2.75) is 6.42 Å². The minimum atomic E-state index is -0.394. The summed E-state index contributed by atoms with van der Waals surface area (Å²) in [6.07, 6.45) is 2.67. The van der Waals surface area contributed by atoms with Gasteiger partial charge in [-0.25, -0.2) is 9.78 Å². The smallest absolute Gasteiger partial charge is 0.339 e. The number of anilines is 3. The Balaban J connectivity index is 2.03. The summed E-state index contributed by atoms with van der Waals surface area (Å²) in [5.74, 6) is 0.764. The van der Waals surface area contributed by atoms with Gasteiger partial charge in [-0.3, -0.25) is 0 Å². The van der Waals surface area contributed by atoms with Gasteiger partial charge in [-0.1, -0.05) is 12.1 Å². The Kier molecular flexibility index (Phi) is 6.51. The second kappa shape index (κ2) is 8.83. The van der Waals surface area contributed by atoms with E-state index < -0.39 is 5.97 Å². The molecule has 0 amide bonds. The average molecular weight is 329 g/mol. The van der Waals surface area contributed by atoms with Crippen LogP contribution >= 0.6 is 0 Å². The van der Waals surface area contributed by atoms with Crippen LogP contribution in [0.4, 0.5) is 17.5 Å². The first-order valence-electron chi connectivity index (χ1n) is 7.76. The summed E-state index contributed by atoms with van der Waals surface area (Å²) in [6.45, 7) is 1.79. The molecule has 0 aliphatic carbocycles. The van der Waals surface area contributed by atoms with Gasteiger partial charge in [-0.2, -0.15) is 4.98 Å². The Morgan fingerprint density at radius 2 is 2.04 bits per heavy atom. The first-order valence-corrected chi connectivity index (χ1v) is 7.76. The summed E-state index contributed by atoms with van der Waals surface area (Å²) < 4.78 is 4.80. The van der Waals surface area contributed by atoms with Crippen LogP contribution in [0.15, 0.2) is 36.5 Å². The van der Waals surface area contributed by atoms with Crippen LogP contribution < -0.4 is 10.6 Å². The van der Waals surface area contributed by atoms with E-state index in [9.17, 15) is 4.79 Å². The molecule has 0 fully saturated rings. The molecular formula is C17H23N5O2. The summed E-state index contributed by atoms with van der Waals surface area (Å²) >= 11 is 0. The van der Waals surface area contributed by atoms with Crippen LogP contribution in [0, 0.1) is 0 Å². The van der Waals surface area contributed by atoms with E-state index in [4.69, 9.17) is 4.74 Å². The topological polar surface area (TPSA) is 79.4 Å². The van der Waals surface area contributed by atoms with E-state index in [1.165, 1.54) is 7.11 Å². The van der Waals surface area contributed by atoms with Crippen LogP contribution in [-0.4, -0.2) is 55.1 Å². The van der Waals surface area contributed by atoms with Crippen molar-refractivity contribution in [3.05, 3.63) is 42.1 Å². The van der Waals surface area contributed by atoms with Crippen LogP contribution in [0.3, 0.4) is 0 Å². The summed E-state index contributed by atoms with van der Waals surface area (Å²) in [6, 6.07) is 8.89. The highest BCUT2D eigenvalue weighted by atomic mass is 16.5. The molecule has 0 unspecified atom stereocenters. The van der Waals surface area contributed by atoms with Gasteiger partial charge in [0.1, 0.15) is 5.82 Å². The molecule has 0 saturated heterocycles. The molecule has 2 aromatic rings. The van der Waals surface area contributed by atoms with Crippen LogP contribution in [0.2, 0.25) is 0 Å². The van der Waals surface area contributed by atoms with Gasteiger partial charge in [0.25, 0.3) is 0 Å². The number of methoxy groups -OCH3 is 1. The van der Waals surface area contributed by atoms with Gasteiger partial charge in [0.15, 0.2) is 0 Å². The maximum absolute atomic E-state index is 11.8. The summed E-state index contributed by atoms with van der Waals surface area (Å²) in [4.78, 5) is 22.6.